The van der Waals surface area contributed by atoms with E-state index in [1.165, 1.54) is 25.9 Å². The van der Waals surface area contributed by atoms with Crippen LogP contribution in [0.4, 0.5) is 4.39 Å². The Labute approximate surface area is 74.9 Å². The second-order valence-corrected chi connectivity index (χ2v) is 4.09. The molecule has 2 heteroatoms. The maximum atomic E-state index is 12.5. The standard InChI is InChI=1S/C10H20FN/c1-9-3-6-12(7-4-9)8-5-10(2)11/h9-10H,3-8H2,1-2H3. The fourth-order valence-corrected chi connectivity index (χ4v) is 1.65. The molecule has 0 bridgehead atoms. The molecule has 0 aromatic rings. The van der Waals surface area contributed by atoms with Crippen LogP contribution in [0.2, 0.25) is 0 Å². The van der Waals surface area contributed by atoms with Crippen molar-refractivity contribution in [2.24, 2.45) is 5.92 Å². The van der Waals surface area contributed by atoms with Crippen molar-refractivity contribution in [2.75, 3.05) is 19.6 Å². The van der Waals surface area contributed by atoms with E-state index in [9.17, 15) is 4.39 Å². The van der Waals surface area contributed by atoms with Crippen molar-refractivity contribution in [3.8, 4) is 0 Å². The maximum Gasteiger partial charge on any atom is 0.0985 e. The normalized spacial score (nSPS) is 24.2. The number of hydrogen-bond acceptors (Lipinski definition) is 1. The Morgan fingerprint density at radius 3 is 2.50 bits per heavy atom. The van der Waals surface area contributed by atoms with Gasteiger partial charge in [0.2, 0.25) is 0 Å². The van der Waals surface area contributed by atoms with Crippen molar-refractivity contribution in [1.29, 1.82) is 0 Å². The summed E-state index contributed by atoms with van der Waals surface area (Å²) in [5.74, 6) is 0.879. The molecule has 0 N–H and O–H groups in total. The van der Waals surface area contributed by atoms with Crippen LogP contribution in [0.5, 0.6) is 0 Å². The first-order valence-electron chi connectivity index (χ1n) is 5.05. The fourth-order valence-electron chi connectivity index (χ4n) is 1.65. The zero-order valence-corrected chi connectivity index (χ0v) is 8.22. The first-order valence-corrected chi connectivity index (χ1v) is 5.05. The number of halogens is 1. The van der Waals surface area contributed by atoms with E-state index in [2.05, 4.69) is 11.8 Å². The quantitative estimate of drug-likeness (QED) is 0.633. The highest BCUT2D eigenvalue weighted by Gasteiger charge is 2.15. The number of likely N-dealkylation sites (tertiary alicyclic amines) is 1. The second kappa shape index (κ2) is 4.80. The lowest BCUT2D eigenvalue weighted by molar-refractivity contribution is 0.174. The summed E-state index contributed by atoms with van der Waals surface area (Å²) in [7, 11) is 0. The third kappa shape index (κ3) is 3.53. The number of alkyl halides is 1. The lowest BCUT2D eigenvalue weighted by Crippen LogP contribution is -2.34. The summed E-state index contributed by atoms with van der Waals surface area (Å²) < 4.78 is 12.5. The average Bonchev–Trinajstić information content (AvgIpc) is 2.03. The molecule has 0 aromatic carbocycles. The first-order chi connectivity index (χ1) is 5.68. The Morgan fingerprint density at radius 2 is 2.00 bits per heavy atom. The molecule has 1 atom stereocenters. The average molecular weight is 173 g/mol. The van der Waals surface area contributed by atoms with Crippen LogP contribution in [0, 0.1) is 5.92 Å². The van der Waals surface area contributed by atoms with Gasteiger partial charge in [-0.25, -0.2) is 4.39 Å². The summed E-state index contributed by atoms with van der Waals surface area (Å²) in [4.78, 5) is 2.38. The summed E-state index contributed by atoms with van der Waals surface area (Å²) in [6, 6.07) is 0. The van der Waals surface area contributed by atoms with Crippen molar-refractivity contribution in [3.05, 3.63) is 0 Å². The van der Waals surface area contributed by atoms with Gasteiger partial charge >= 0.3 is 0 Å². The highest BCUT2D eigenvalue weighted by molar-refractivity contribution is 4.69. The SMILES string of the molecule is CC(F)CCN1CCC(C)CC1. The number of nitrogens with zero attached hydrogens (tertiary/aromatic N) is 1. The first kappa shape index (κ1) is 9.97. The number of rotatable bonds is 3. The van der Waals surface area contributed by atoms with Gasteiger partial charge in [0.15, 0.2) is 0 Å². The minimum atomic E-state index is -0.635. The Kier molecular flexibility index (Phi) is 3.99. The van der Waals surface area contributed by atoms with E-state index in [0.717, 1.165) is 12.5 Å². The minimum absolute atomic E-state index is 0.635. The molecule has 12 heavy (non-hydrogen) atoms. The molecule has 1 nitrogen and oxygen atoms in total. The molecule has 0 saturated carbocycles. The monoisotopic (exact) mass is 173 g/mol. The van der Waals surface area contributed by atoms with Crippen LogP contribution in [-0.2, 0) is 0 Å². The largest absolute Gasteiger partial charge is 0.303 e. The van der Waals surface area contributed by atoms with Crippen LogP contribution in [0.15, 0.2) is 0 Å². The van der Waals surface area contributed by atoms with Gasteiger partial charge in [0.25, 0.3) is 0 Å². The Bertz CT molecular complexity index is 117. The molecule has 0 spiro atoms. The lowest BCUT2D eigenvalue weighted by Gasteiger charge is -2.30. The minimum Gasteiger partial charge on any atom is -0.303 e. The van der Waals surface area contributed by atoms with Crippen molar-refractivity contribution >= 4 is 0 Å². The van der Waals surface area contributed by atoms with Gasteiger partial charge in [-0.15, -0.1) is 0 Å². The second-order valence-electron chi connectivity index (χ2n) is 4.09. The van der Waals surface area contributed by atoms with Crippen molar-refractivity contribution in [1.82, 2.24) is 4.90 Å². The van der Waals surface area contributed by atoms with Crippen LogP contribution in [0.3, 0.4) is 0 Å². The molecule has 0 amide bonds. The van der Waals surface area contributed by atoms with Gasteiger partial charge in [0.05, 0.1) is 6.17 Å². The van der Waals surface area contributed by atoms with Crippen LogP contribution < -0.4 is 0 Å². The maximum absolute atomic E-state index is 12.5. The van der Waals surface area contributed by atoms with E-state index in [-0.39, 0.29) is 0 Å². The molecule has 1 saturated heterocycles. The van der Waals surface area contributed by atoms with E-state index >= 15 is 0 Å². The molecular weight excluding hydrogens is 153 g/mol. The fraction of sp³-hybridized carbons (Fsp3) is 1.00. The zero-order valence-electron chi connectivity index (χ0n) is 8.22. The number of hydrogen-bond donors (Lipinski definition) is 0. The summed E-state index contributed by atoms with van der Waals surface area (Å²) >= 11 is 0. The van der Waals surface area contributed by atoms with Crippen LogP contribution in [0.25, 0.3) is 0 Å². The Balaban J connectivity index is 2.09. The molecule has 0 aromatic heterocycles. The number of piperidine rings is 1. The predicted molar refractivity (Wildman–Crippen MR) is 50.0 cm³/mol. The molecule has 1 unspecified atom stereocenters. The summed E-state index contributed by atoms with van der Waals surface area (Å²) in [5, 5.41) is 0. The van der Waals surface area contributed by atoms with Gasteiger partial charge in [0.1, 0.15) is 0 Å². The van der Waals surface area contributed by atoms with E-state index in [4.69, 9.17) is 0 Å². The van der Waals surface area contributed by atoms with E-state index in [0.29, 0.717) is 6.42 Å². The summed E-state index contributed by atoms with van der Waals surface area (Å²) in [6.07, 6.45) is 2.65. The van der Waals surface area contributed by atoms with Crippen molar-refractivity contribution in [3.63, 3.8) is 0 Å². The van der Waals surface area contributed by atoms with E-state index in [1.54, 1.807) is 6.92 Å². The van der Waals surface area contributed by atoms with E-state index < -0.39 is 6.17 Å². The molecule has 1 fully saturated rings. The summed E-state index contributed by atoms with van der Waals surface area (Å²) in [6.45, 7) is 7.24. The van der Waals surface area contributed by atoms with Crippen molar-refractivity contribution < 1.29 is 4.39 Å². The van der Waals surface area contributed by atoms with Crippen LogP contribution >= 0.6 is 0 Å². The van der Waals surface area contributed by atoms with Crippen molar-refractivity contribution in [2.45, 2.75) is 39.3 Å². The van der Waals surface area contributed by atoms with Gasteiger partial charge < -0.3 is 4.90 Å². The molecule has 72 valence electrons. The Morgan fingerprint density at radius 1 is 1.42 bits per heavy atom. The van der Waals surface area contributed by atoms with Gasteiger partial charge in [0, 0.05) is 6.54 Å². The smallest absolute Gasteiger partial charge is 0.0985 e. The zero-order chi connectivity index (χ0) is 8.97. The molecule has 0 aliphatic carbocycles. The molecule has 0 radical (unpaired) electrons. The molecule has 1 heterocycles. The van der Waals surface area contributed by atoms with Gasteiger partial charge in [-0.3, -0.25) is 0 Å². The molecule has 1 aliphatic heterocycles. The van der Waals surface area contributed by atoms with Crippen LogP contribution in [-0.4, -0.2) is 30.7 Å². The molecule has 1 rings (SSSR count). The topological polar surface area (TPSA) is 3.24 Å². The predicted octanol–water partition coefficient (Wildman–Crippen LogP) is 2.47. The highest BCUT2D eigenvalue weighted by atomic mass is 19.1. The highest BCUT2D eigenvalue weighted by Crippen LogP contribution is 2.16. The van der Waals surface area contributed by atoms with Gasteiger partial charge in [-0.05, 0) is 45.2 Å². The molecular formula is C10H20FN. The summed E-state index contributed by atoms with van der Waals surface area (Å²) in [5.41, 5.74) is 0. The lowest BCUT2D eigenvalue weighted by atomic mass is 9.99. The van der Waals surface area contributed by atoms with Gasteiger partial charge in [-0.1, -0.05) is 6.92 Å². The third-order valence-electron chi connectivity index (χ3n) is 2.72. The van der Waals surface area contributed by atoms with E-state index in [1.807, 2.05) is 0 Å². The molecule has 1 aliphatic rings. The third-order valence-corrected chi connectivity index (χ3v) is 2.72. The van der Waals surface area contributed by atoms with Gasteiger partial charge in [-0.2, -0.15) is 0 Å². The Hall–Kier alpha value is -0.110. The van der Waals surface area contributed by atoms with Crippen LogP contribution in [0.1, 0.15) is 33.1 Å².